The van der Waals surface area contributed by atoms with Gasteiger partial charge < -0.3 is 4.42 Å². The van der Waals surface area contributed by atoms with Crippen LogP contribution >= 0.6 is 0 Å². The molecule has 70 valence electrons. The topological polar surface area (TPSA) is 26.0 Å². The summed E-state index contributed by atoms with van der Waals surface area (Å²) in [5, 5.41) is 0. The SMILES string of the molecule is Cc1c(F)ccc2c1Cc1ocnc1-2. The smallest absolute Gasteiger partial charge is 0.181 e. The zero-order chi connectivity index (χ0) is 9.71. The lowest BCUT2D eigenvalue weighted by Crippen LogP contribution is -1.91. The Morgan fingerprint density at radius 3 is 3.14 bits per heavy atom. The highest BCUT2D eigenvalue weighted by molar-refractivity contribution is 5.72. The lowest BCUT2D eigenvalue weighted by Gasteiger charge is -2.03. The molecule has 1 heterocycles. The van der Waals surface area contributed by atoms with Crippen LogP contribution in [-0.4, -0.2) is 4.98 Å². The van der Waals surface area contributed by atoms with Crippen molar-refractivity contribution in [2.24, 2.45) is 0 Å². The maximum absolute atomic E-state index is 13.3. The first-order valence-corrected chi connectivity index (χ1v) is 4.48. The molecule has 0 bridgehead atoms. The van der Waals surface area contributed by atoms with E-state index in [1.54, 1.807) is 13.0 Å². The first-order valence-electron chi connectivity index (χ1n) is 4.48. The molecule has 14 heavy (non-hydrogen) atoms. The standard InChI is InChI=1S/C11H8FNO/c1-6-8-4-10-11(13-5-14-10)7(8)2-3-9(6)12/h2-3,5H,4H2,1H3. The summed E-state index contributed by atoms with van der Waals surface area (Å²) in [6.45, 7) is 1.79. The fraction of sp³-hybridized carbons (Fsp3) is 0.182. The zero-order valence-corrected chi connectivity index (χ0v) is 7.67. The highest BCUT2D eigenvalue weighted by Gasteiger charge is 2.25. The molecule has 0 atom stereocenters. The maximum atomic E-state index is 13.3. The van der Waals surface area contributed by atoms with Crippen molar-refractivity contribution in [3.05, 3.63) is 41.2 Å². The molecule has 2 nitrogen and oxygen atoms in total. The highest BCUT2D eigenvalue weighted by atomic mass is 19.1. The van der Waals surface area contributed by atoms with Crippen LogP contribution in [-0.2, 0) is 6.42 Å². The fourth-order valence-corrected chi connectivity index (χ4v) is 1.95. The van der Waals surface area contributed by atoms with Crippen LogP contribution in [0.3, 0.4) is 0 Å². The monoisotopic (exact) mass is 189 g/mol. The van der Waals surface area contributed by atoms with Crippen molar-refractivity contribution in [3.63, 3.8) is 0 Å². The van der Waals surface area contributed by atoms with Gasteiger partial charge in [0, 0.05) is 12.0 Å². The van der Waals surface area contributed by atoms with Crippen molar-refractivity contribution in [1.82, 2.24) is 4.98 Å². The molecule has 2 aromatic rings. The third-order valence-electron chi connectivity index (χ3n) is 2.77. The molecule has 0 amide bonds. The molecule has 0 saturated carbocycles. The van der Waals surface area contributed by atoms with Gasteiger partial charge in [-0.1, -0.05) is 0 Å². The van der Waals surface area contributed by atoms with Gasteiger partial charge in [0.05, 0.1) is 0 Å². The van der Waals surface area contributed by atoms with Crippen LogP contribution < -0.4 is 0 Å². The summed E-state index contributed by atoms with van der Waals surface area (Å²) >= 11 is 0. The number of halogens is 1. The van der Waals surface area contributed by atoms with E-state index in [9.17, 15) is 4.39 Å². The fourth-order valence-electron chi connectivity index (χ4n) is 1.95. The van der Waals surface area contributed by atoms with Crippen LogP contribution in [0.1, 0.15) is 16.9 Å². The molecule has 0 spiro atoms. The quantitative estimate of drug-likeness (QED) is 0.543. The predicted octanol–water partition coefficient (Wildman–Crippen LogP) is 2.69. The Kier molecular flexibility index (Phi) is 1.35. The van der Waals surface area contributed by atoms with Gasteiger partial charge >= 0.3 is 0 Å². The molecular formula is C11H8FNO. The minimum absolute atomic E-state index is 0.158. The third-order valence-corrected chi connectivity index (χ3v) is 2.77. The van der Waals surface area contributed by atoms with Crippen molar-refractivity contribution < 1.29 is 8.81 Å². The Morgan fingerprint density at radius 2 is 2.29 bits per heavy atom. The Bertz CT molecular complexity index is 516. The van der Waals surface area contributed by atoms with Gasteiger partial charge in [-0.15, -0.1) is 0 Å². The van der Waals surface area contributed by atoms with Gasteiger partial charge in [-0.3, -0.25) is 0 Å². The average molecular weight is 189 g/mol. The normalized spacial score (nSPS) is 12.7. The molecule has 0 unspecified atom stereocenters. The zero-order valence-electron chi connectivity index (χ0n) is 7.67. The number of hydrogen-bond acceptors (Lipinski definition) is 2. The average Bonchev–Trinajstić information content (AvgIpc) is 2.71. The van der Waals surface area contributed by atoms with Crippen LogP contribution in [0.4, 0.5) is 4.39 Å². The Morgan fingerprint density at radius 1 is 1.43 bits per heavy atom. The van der Waals surface area contributed by atoms with E-state index in [-0.39, 0.29) is 5.82 Å². The van der Waals surface area contributed by atoms with Crippen LogP contribution in [0, 0.1) is 12.7 Å². The minimum atomic E-state index is -0.158. The first-order chi connectivity index (χ1) is 6.77. The van der Waals surface area contributed by atoms with Gasteiger partial charge in [-0.2, -0.15) is 0 Å². The Labute approximate surface area is 80.4 Å². The molecular weight excluding hydrogens is 181 g/mol. The number of aromatic nitrogens is 1. The van der Waals surface area contributed by atoms with Crippen molar-refractivity contribution in [1.29, 1.82) is 0 Å². The van der Waals surface area contributed by atoms with Gasteiger partial charge in [-0.05, 0) is 30.2 Å². The number of hydrogen-bond donors (Lipinski definition) is 0. The lowest BCUT2D eigenvalue weighted by molar-refractivity contribution is 0.516. The number of oxazole rings is 1. The Balaban J connectivity index is 2.32. The van der Waals surface area contributed by atoms with Gasteiger partial charge in [0.15, 0.2) is 6.39 Å². The molecule has 0 radical (unpaired) electrons. The van der Waals surface area contributed by atoms with E-state index in [1.165, 1.54) is 12.5 Å². The van der Waals surface area contributed by atoms with Crippen LogP contribution in [0.2, 0.25) is 0 Å². The van der Waals surface area contributed by atoms with E-state index >= 15 is 0 Å². The summed E-state index contributed by atoms with van der Waals surface area (Å²) in [6, 6.07) is 3.25. The van der Waals surface area contributed by atoms with Gasteiger partial charge in [0.1, 0.15) is 17.3 Å². The summed E-state index contributed by atoms with van der Waals surface area (Å²) in [5.41, 5.74) is 3.58. The van der Waals surface area contributed by atoms with Gasteiger partial charge in [-0.25, -0.2) is 9.37 Å². The molecule has 3 heteroatoms. The van der Waals surface area contributed by atoms with E-state index in [1.807, 2.05) is 0 Å². The molecule has 0 N–H and O–H groups in total. The molecule has 0 fully saturated rings. The molecule has 0 saturated heterocycles. The highest BCUT2D eigenvalue weighted by Crippen LogP contribution is 2.37. The molecule has 0 aliphatic heterocycles. The summed E-state index contributed by atoms with van der Waals surface area (Å²) in [5.74, 6) is 0.683. The van der Waals surface area contributed by atoms with Crippen molar-refractivity contribution in [2.75, 3.05) is 0 Å². The number of benzene rings is 1. The largest absolute Gasteiger partial charge is 0.447 e. The number of nitrogens with zero attached hydrogens (tertiary/aromatic N) is 1. The first kappa shape index (κ1) is 7.74. The molecule has 1 aromatic carbocycles. The molecule has 1 aromatic heterocycles. The van der Waals surface area contributed by atoms with Gasteiger partial charge in [0.25, 0.3) is 0 Å². The minimum Gasteiger partial charge on any atom is -0.447 e. The van der Waals surface area contributed by atoms with Gasteiger partial charge in [0.2, 0.25) is 0 Å². The van der Waals surface area contributed by atoms with Crippen molar-refractivity contribution in [2.45, 2.75) is 13.3 Å². The van der Waals surface area contributed by atoms with Crippen LogP contribution in [0.15, 0.2) is 22.9 Å². The third kappa shape index (κ3) is 0.816. The maximum Gasteiger partial charge on any atom is 0.181 e. The number of fused-ring (bicyclic) bond motifs is 3. The van der Waals surface area contributed by atoms with E-state index in [2.05, 4.69) is 4.98 Å². The van der Waals surface area contributed by atoms with E-state index in [0.717, 1.165) is 22.6 Å². The summed E-state index contributed by atoms with van der Waals surface area (Å²) in [6.07, 6.45) is 2.10. The lowest BCUT2D eigenvalue weighted by atomic mass is 10.0. The number of rotatable bonds is 0. The second kappa shape index (κ2) is 2.44. The second-order valence-corrected chi connectivity index (χ2v) is 3.50. The second-order valence-electron chi connectivity index (χ2n) is 3.50. The molecule has 1 aliphatic carbocycles. The Hall–Kier alpha value is -1.64. The van der Waals surface area contributed by atoms with Crippen molar-refractivity contribution >= 4 is 0 Å². The van der Waals surface area contributed by atoms with Crippen LogP contribution in [0.25, 0.3) is 11.3 Å². The predicted molar refractivity (Wildman–Crippen MR) is 49.4 cm³/mol. The van der Waals surface area contributed by atoms with E-state index in [0.29, 0.717) is 12.0 Å². The summed E-state index contributed by atoms with van der Waals surface area (Å²) < 4.78 is 18.5. The van der Waals surface area contributed by atoms with E-state index < -0.39 is 0 Å². The molecule has 1 aliphatic rings. The van der Waals surface area contributed by atoms with Crippen molar-refractivity contribution in [3.8, 4) is 11.3 Å². The molecule has 3 rings (SSSR count). The van der Waals surface area contributed by atoms with E-state index in [4.69, 9.17) is 4.42 Å². The summed E-state index contributed by atoms with van der Waals surface area (Å²) in [7, 11) is 0. The summed E-state index contributed by atoms with van der Waals surface area (Å²) in [4.78, 5) is 4.12. The van der Waals surface area contributed by atoms with Crippen LogP contribution in [0.5, 0.6) is 0 Å².